The molecule has 27 heavy (non-hydrogen) atoms. The Hall–Kier alpha value is -2.16. The summed E-state index contributed by atoms with van der Waals surface area (Å²) < 4.78 is 0. The molecule has 3 rings (SSSR count). The molecule has 2 saturated heterocycles. The van der Waals surface area contributed by atoms with Gasteiger partial charge >= 0.3 is 5.97 Å². The van der Waals surface area contributed by atoms with Gasteiger partial charge in [0.05, 0.1) is 12.8 Å². The van der Waals surface area contributed by atoms with Crippen molar-refractivity contribution in [2.45, 2.75) is 24.9 Å². The number of nitrogens with zero attached hydrogens (tertiary/aromatic N) is 4. The van der Waals surface area contributed by atoms with Gasteiger partial charge in [-0.15, -0.1) is 0 Å². The maximum absolute atomic E-state index is 11.2. The molecule has 2 heterocycles. The number of hydrogen-bond acceptors (Lipinski definition) is 7. The van der Waals surface area contributed by atoms with E-state index >= 15 is 0 Å². The van der Waals surface area contributed by atoms with Crippen LogP contribution >= 0.6 is 0 Å². The Bertz CT molecular complexity index is 635. The van der Waals surface area contributed by atoms with E-state index < -0.39 is 12.0 Å². The molecule has 0 bridgehead atoms. The molecule has 1 atom stereocenters. The highest BCUT2D eigenvalue weighted by Gasteiger charge is 2.32. The maximum atomic E-state index is 11.2. The van der Waals surface area contributed by atoms with Crippen molar-refractivity contribution in [2.24, 2.45) is 10.9 Å². The summed E-state index contributed by atoms with van der Waals surface area (Å²) in [4.78, 5) is 18.0. The van der Waals surface area contributed by atoms with E-state index in [-0.39, 0.29) is 6.61 Å². The van der Waals surface area contributed by atoms with Crippen LogP contribution in [0.5, 0.6) is 0 Å². The van der Waals surface area contributed by atoms with Crippen LogP contribution in [0.4, 0.5) is 5.69 Å². The highest BCUT2D eigenvalue weighted by atomic mass is 16.4. The Morgan fingerprint density at radius 2 is 1.78 bits per heavy atom. The van der Waals surface area contributed by atoms with E-state index in [0.717, 1.165) is 57.7 Å². The van der Waals surface area contributed by atoms with Crippen molar-refractivity contribution in [3.05, 3.63) is 29.8 Å². The van der Waals surface area contributed by atoms with Crippen LogP contribution in [0, 0.1) is 0 Å². The fourth-order valence-corrected chi connectivity index (χ4v) is 4.11. The quantitative estimate of drug-likeness (QED) is 0.365. The average molecular weight is 375 g/mol. The third-order valence-corrected chi connectivity index (χ3v) is 5.71. The number of benzene rings is 1. The first-order valence-corrected chi connectivity index (χ1v) is 9.52. The number of hydrogen-bond donors (Lipinski definition) is 3. The average Bonchev–Trinajstić information content (AvgIpc) is 2.70. The van der Waals surface area contributed by atoms with E-state index in [2.05, 4.69) is 27.0 Å². The first-order valence-electron chi connectivity index (χ1n) is 9.52. The predicted molar refractivity (Wildman–Crippen MR) is 105 cm³/mol. The number of likely N-dealkylation sites (tertiary alicyclic amines) is 1. The van der Waals surface area contributed by atoms with Crippen LogP contribution in [0.15, 0.2) is 29.4 Å². The number of carboxylic acids is 1. The summed E-state index contributed by atoms with van der Waals surface area (Å²) in [7, 11) is 0. The molecule has 0 amide bonds. The highest BCUT2D eigenvalue weighted by molar-refractivity contribution is 5.80. The third kappa shape index (κ3) is 4.77. The highest BCUT2D eigenvalue weighted by Crippen LogP contribution is 2.22. The second-order valence-corrected chi connectivity index (χ2v) is 7.20. The van der Waals surface area contributed by atoms with Crippen LogP contribution in [-0.2, 0) is 4.79 Å². The van der Waals surface area contributed by atoms with Gasteiger partial charge < -0.3 is 21.0 Å². The zero-order chi connectivity index (χ0) is 19.2. The van der Waals surface area contributed by atoms with E-state index in [4.69, 9.17) is 5.84 Å². The van der Waals surface area contributed by atoms with Crippen LogP contribution in [0.3, 0.4) is 0 Å². The first kappa shape index (κ1) is 19.6. The zero-order valence-electron chi connectivity index (χ0n) is 15.6. The Morgan fingerprint density at radius 3 is 2.30 bits per heavy atom. The van der Waals surface area contributed by atoms with Crippen LogP contribution in [0.25, 0.3) is 0 Å². The zero-order valence-corrected chi connectivity index (χ0v) is 15.6. The van der Waals surface area contributed by atoms with E-state index in [1.165, 1.54) is 5.69 Å². The first-order chi connectivity index (χ1) is 13.1. The third-order valence-electron chi connectivity index (χ3n) is 5.71. The summed E-state index contributed by atoms with van der Waals surface area (Å²) in [6, 6.07) is 7.98. The fraction of sp³-hybridized carbons (Fsp3) is 0.579. The number of piperidine rings is 1. The molecule has 0 aromatic heterocycles. The molecule has 0 spiro atoms. The van der Waals surface area contributed by atoms with Crippen molar-refractivity contribution in [3.8, 4) is 0 Å². The molecule has 1 aromatic carbocycles. The minimum Gasteiger partial charge on any atom is -0.480 e. The molecule has 148 valence electrons. The van der Waals surface area contributed by atoms with Gasteiger partial charge in [0.15, 0.2) is 0 Å². The molecule has 2 aliphatic heterocycles. The predicted octanol–water partition coefficient (Wildman–Crippen LogP) is 0.0111. The minimum absolute atomic E-state index is 0.325. The molecule has 0 saturated carbocycles. The van der Waals surface area contributed by atoms with Crippen LogP contribution < -0.4 is 10.7 Å². The van der Waals surface area contributed by atoms with Crippen LogP contribution in [0.1, 0.15) is 18.4 Å². The lowest BCUT2D eigenvalue weighted by atomic mass is 10.0. The SMILES string of the molecule is NN=Cc1ccc(N2CCN(C3CCN(C(CO)C(=O)O)CC3)CC2)cc1. The Morgan fingerprint density at radius 1 is 1.15 bits per heavy atom. The van der Waals surface area contributed by atoms with Gasteiger partial charge in [0.25, 0.3) is 0 Å². The lowest BCUT2D eigenvalue weighted by Gasteiger charge is -2.44. The Balaban J connectivity index is 1.48. The molecule has 2 aliphatic rings. The number of nitrogens with two attached hydrogens (primary N) is 1. The molecule has 8 nitrogen and oxygen atoms in total. The number of hydrazone groups is 1. The molecule has 4 N–H and O–H groups in total. The van der Waals surface area contributed by atoms with Crippen LogP contribution in [-0.4, -0.2) is 90.2 Å². The number of aliphatic carboxylic acids is 1. The summed E-state index contributed by atoms with van der Waals surface area (Å²) in [5.74, 6) is 4.25. The van der Waals surface area contributed by atoms with Crippen molar-refractivity contribution >= 4 is 17.9 Å². The number of rotatable bonds is 6. The second-order valence-electron chi connectivity index (χ2n) is 7.20. The second kappa shape index (κ2) is 9.16. The summed E-state index contributed by atoms with van der Waals surface area (Å²) in [5.41, 5.74) is 2.21. The Labute approximate surface area is 159 Å². The number of carboxylic acid groups (broad SMARTS) is 1. The van der Waals surface area contributed by atoms with E-state index in [9.17, 15) is 15.0 Å². The fourth-order valence-electron chi connectivity index (χ4n) is 4.11. The summed E-state index contributed by atoms with van der Waals surface area (Å²) in [6.45, 7) is 5.13. The van der Waals surface area contributed by atoms with Gasteiger partial charge in [-0.2, -0.15) is 5.10 Å². The lowest BCUT2D eigenvalue weighted by Crippen LogP contribution is -2.55. The molecule has 8 heteroatoms. The molecule has 1 unspecified atom stereocenters. The van der Waals surface area contributed by atoms with Gasteiger partial charge in [0.1, 0.15) is 6.04 Å². The van der Waals surface area contributed by atoms with Gasteiger partial charge in [-0.1, -0.05) is 12.1 Å². The number of anilines is 1. The normalized spacial score (nSPS) is 21.6. The van der Waals surface area contributed by atoms with Gasteiger partial charge in [-0.05, 0) is 30.5 Å². The van der Waals surface area contributed by atoms with E-state index in [1.54, 1.807) is 6.21 Å². The molecule has 2 fully saturated rings. The summed E-state index contributed by atoms with van der Waals surface area (Å²) in [5, 5.41) is 22.0. The van der Waals surface area contributed by atoms with Gasteiger partial charge in [-0.25, -0.2) is 0 Å². The molecular formula is C19H29N5O3. The van der Waals surface area contributed by atoms with Crippen molar-refractivity contribution in [1.82, 2.24) is 9.80 Å². The van der Waals surface area contributed by atoms with Crippen LogP contribution in [0.2, 0.25) is 0 Å². The lowest BCUT2D eigenvalue weighted by molar-refractivity contribution is -0.145. The maximum Gasteiger partial charge on any atom is 0.323 e. The minimum atomic E-state index is -0.937. The van der Waals surface area contributed by atoms with Gasteiger partial charge in [-0.3, -0.25) is 14.6 Å². The Kier molecular flexibility index (Phi) is 6.65. The summed E-state index contributed by atoms with van der Waals surface area (Å²) in [6.07, 6.45) is 3.55. The molecule has 0 radical (unpaired) electrons. The van der Waals surface area contributed by atoms with Crippen molar-refractivity contribution in [3.63, 3.8) is 0 Å². The van der Waals surface area contributed by atoms with Crippen molar-refractivity contribution < 1.29 is 15.0 Å². The van der Waals surface area contributed by atoms with Crippen molar-refractivity contribution in [1.29, 1.82) is 0 Å². The van der Waals surface area contributed by atoms with E-state index in [1.807, 2.05) is 17.0 Å². The van der Waals surface area contributed by atoms with E-state index in [0.29, 0.717) is 6.04 Å². The number of piperazine rings is 1. The number of aliphatic hydroxyl groups is 1. The monoisotopic (exact) mass is 375 g/mol. The molecular weight excluding hydrogens is 346 g/mol. The topological polar surface area (TPSA) is 106 Å². The largest absolute Gasteiger partial charge is 0.480 e. The van der Waals surface area contributed by atoms with Gasteiger partial charge in [0, 0.05) is 51.0 Å². The van der Waals surface area contributed by atoms with Crippen molar-refractivity contribution in [2.75, 3.05) is 50.8 Å². The molecule has 0 aliphatic carbocycles. The smallest absolute Gasteiger partial charge is 0.323 e. The molecule has 1 aromatic rings. The standard InChI is InChI=1S/C19H29N5O3/c20-21-13-15-1-3-16(4-2-15)22-9-11-23(12-10-22)17-5-7-24(8-6-17)18(14-25)19(26)27/h1-4,13,17-18,25H,5-12,14,20H2,(H,26,27). The van der Waals surface area contributed by atoms with Gasteiger partial charge in [0.2, 0.25) is 0 Å². The number of carbonyl (C=O) groups is 1. The summed E-state index contributed by atoms with van der Waals surface area (Å²) >= 11 is 0. The number of aliphatic hydroxyl groups excluding tert-OH is 1.